The Morgan fingerprint density at radius 1 is 0.568 bits per heavy atom. The molecular formula is C25H32N4O8. The fourth-order valence-electron chi connectivity index (χ4n) is 3.03. The highest BCUT2D eigenvalue weighted by Gasteiger charge is 2.06. The lowest BCUT2D eigenvalue weighted by Gasteiger charge is -2.10. The molecule has 0 spiro atoms. The summed E-state index contributed by atoms with van der Waals surface area (Å²) in [6, 6.07) is 14.7. The molecule has 4 amide bonds. The van der Waals surface area contributed by atoms with Crippen LogP contribution in [-0.2, 0) is 45.1 Å². The van der Waals surface area contributed by atoms with Crippen molar-refractivity contribution in [2.24, 2.45) is 0 Å². The smallest absolute Gasteiger partial charge is 0.407 e. The van der Waals surface area contributed by atoms with Crippen molar-refractivity contribution in [3.8, 4) is 0 Å². The second kappa shape index (κ2) is 16.2. The summed E-state index contributed by atoms with van der Waals surface area (Å²) < 4.78 is 19.2. The highest BCUT2D eigenvalue weighted by molar-refractivity contribution is 5.68. The van der Waals surface area contributed by atoms with Gasteiger partial charge in [-0.1, -0.05) is 48.5 Å². The normalized spacial score (nSPS) is 10.0. The maximum atomic E-state index is 11.9. The summed E-state index contributed by atoms with van der Waals surface area (Å²) >= 11 is 0. The Hall–Kier alpha value is -4.48. The largest absolute Gasteiger partial charge is 0.453 e. The average Bonchev–Trinajstić information content (AvgIpc) is 2.92. The van der Waals surface area contributed by atoms with Gasteiger partial charge in [-0.05, 0) is 22.3 Å². The number of alkyl carbamates (subject to hydrolysis) is 4. The maximum absolute atomic E-state index is 11.9. The lowest BCUT2D eigenvalue weighted by atomic mass is 10.1. The quantitative estimate of drug-likeness (QED) is 0.248. The van der Waals surface area contributed by atoms with Gasteiger partial charge in [0.15, 0.2) is 0 Å². The topological polar surface area (TPSA) is 153 Å². The summed E-state index contributed by atoms with van der Waals surface area (Å²) in [4.78, 5) is 46.1. The van der Waals surface area contributed by atoms with Crippen LogP contribution in [0.25, 0.3) is 0 Å². The zero-order valence-electron chi connectivity index (χ0n) is 20.8. The van der Waals surface area contributed by atoms with Crippen molar-refractivity contribution in [2.75, 3.05) is 27.4 Å². The van der Waals surface area contributed by atoms with Gasteiger partial charge in [-0.2, -0.15) is 0 Å². The van der Waals surface area contributed by atoms with E-state index in [0.717, 1.165) is 22.3 Å². The van der Waals surface area contributed by atoms with E-state index in [9.17, 15) is 19.2 Å². The number of hydrogen-bond donors (Lipinski definition) is 4. The predicted molar refractivity (Wildman–Crippen MR) is 132 cm³/mol. The van der Waals surface area contributed by atoms with Crippen LogP contribution in [0.1, 0.15) is 28.7 Å². The van der Waals surface area contributed by atoms with Crippen LogP contribution in [-0.4, -0.2) is 51.8 Å². The van der Waals surface area contributed by atoms with E-state index >= 15 is 0 Å². The Kier molecular flexibility index (Phi) is 12.6. The number of benzene rings is 2. The van der Waals surface area contributed by atoms with Crippen molar-refractivity contribution in [3.05, 3.63) is 70.8 Å². The van der Waals surface area contributed by atoms with E-state index in [4.69, 9.17) is 9.47 Å². The molecule has 0 atom stereocenters. The third-order valence-corrected chi connectivity index (χ3v) is 4.86. The van der Waals surface area contributed by atoms with Crippen LogP contribution in [0, 0.1) is 0 Å². The van der Waals surface area contributed by atoms with E-state index in [0.29, 0.717) is 19.5 Å². The SMILES string of the molecule is COC(=O)NCc1cccc(CNC(=O)OCCCOC(=O)NCc2cccc(CNC(=O)OC)c2)c1. The first kappa shape index (κ1) is 28.8. The molecule has 0 bridgehead atoms. The molecule has 0 aliphatic rings. The molecule has 200 valence electrons. The number of rotatable bonds is 12. The molecule has 0 fully saturated rings. The van der Waals surface area contributed by atoms with Gasteiger partial charge < -0.3 is 40.2 Å². The van der Waals surface area contributed by atoms with Gasteiger partial charge in [0.2, 0.25) is 0 Å². The molecule has 12 nitrogen and oxygen atoms in total. The number of ether oxygens (including phenoxy) is 4. The van der Waals surface area contributed by atoms with Gasteiger partial charge in [-0.25, -0.2) is 19.2 Å². The molecule has 2 aromatic rings. The number of methoxy groups -OCH3 is 2. The van der Waals surface area contributed by atoms with Crippen molar-refractivity contribution in [1.29, 1.82) is 0 Å². The molecule has 0 heterocycles. The van der Waals surface area contributed by atoms with E-state index in [2.05, 4.69) is 30.7 Å². The van der Waals surface area contributed by atoms with E-state index in [1.807, 2.05) is 48.5 Å². The van der Waals surface area contributed by atoms with Crippen LogP contribution < -0.4 is 21.3 Å². The zero-order chi connectivity index (χ0) is 26.9. The maximum Gasteiger partial charge on any atom is 0.407 e. The van der Waals surface area contributed by atoms with Crippen LogP contribution in [0.2, 0.25) is 0 Å². The summed E-state index contributed by atoms with van der Waals surface area (Å²) in [5.41, 5.74) is 3.39. The second-order valence-corrected chi connectivity index (χ2v) is 7.66. The summed E-state index contributed by atoms with van der Waals surface area (Å²) in [7, 11) is 2.58. The number of nitrogens with one attached hydrogen (secondary N) is 4. The van der Waals surface area contributed by atoms with Crippen LogP contribution >= 0.6 is 0 Å². The monoisotopic (exact) mass is 516 g/mol. The molecule has 0 unspecified atom stereocenters. The molecule has 0 radical (unpaired) electrons. The minimum atomic E-state index is -0.593. The molecule has 12 heteroatoms. The lowest BCUT2D eigenvalue weighted by molar-refractivity contribution is 0.118. The van der Waals surface area contributed by atoms with E-state index < -0.39 is 24.4 Å². The van der Waals surface area contributed by atoms with Crippen molar-refractivity contribution < 1.29 is 38.1 Å². The Balaban J connectivity index is 1.57. The molecule has 0 aliphatic carbocycles. The fraction of sp³-hybridized carbons (Fsp3) is 0.360. The van der Waals surface area contributed by atoms with Gasteiger partial charge in [0.1, 0.15) is 0 Å². The third-order valence-electron chi connectivity index (χ3n) is 4.86. The van der Waals surface area contributed by atoms with Crippen molar-refractivity contribution in [3.63, 3.8) is 0 Å². The second-order valence-electron chi connectivity index (χ2n) is 7.66. The molecule has 0 saturated heterocycles. The summed E-state index contributed by atoms with van der Waals surface area (Å²) in [6.45, 7) is 1.28. The first-order chi connectivity index (χ1) is 17.9. The van der Waals surface area contributed by atoms with Gasteiger partial charge in [0.25, 0.3) is 0 Å². The van der Waals surface area contributed by atoms with Crippen LogP contribution in [0.4, 0.5) is 19.2 Å². The predicted octanol–water partition coefficient (Wildman–Crippen LogP) is 2.94. The zero-order valence-corrected chi connectivity index (χ0v) is 20.8. The summed E-state index contributed by atoms with van der Waals surface area (Å²) in [5.74, 6) is 0. The van der Waals surface area contributed by atoms with Crippen molar-refractivity contribution in [2.45, 2.75) is 32.6 Å². The molecule has 0 saturated carbocycles. The lowest BCUT2D eigenvalue weighted by Crippen LogP contribution is -2.26. The molecule has 2 rings (SSSR count). The van der Waals surface area contributed by atoms with Gasteiger partial charge in [0, 0.05) is 32.6 Å². The van der Waals surface area contributed by atoms with Crippen LogP contribution in [0.15, 0.2) is 48.5 Å². The first-order valence-electron chi connectivity index (χ1n) is 11.5. The number of amides is 4. The molecule has 37 heavy (non-hydrogen) atoms. The highest BCUT2D eigenvalue weighted by atomic mass is 16.6. The minimum Gasteiger partial charge on any atom is -0.453 e. The van der Waals surface area contributed by atoms with E-state index in [1.54, 1.807) is 0 Å². The van der Waals surface area contributed by atoms with Crippen molar-refractivity contribution in [1.82, 2.24) is 21.3 Å². The van der Waals surface area contributed by atoms with E-state index in [-0.39, 0.29) is 26.3 Å². The minimum absolute atomic E-state index is 0.0808. The molecular weight excluding hydrogens is 484 g/mol. The highest BCUT2D eigenvalue weighted by Crippen LogP contribution is 2.06. The Morgan fingerprint density at radius 2 is 0.892 bits per heavy atom. The average molecular weight is 517 g/mol. The molecule has 0 aromatic heterocycles. The Morgan fingerprint density at radius 3 is 1.22 bits per heavy atom. The van der Waals surface area contributed by atoms with E-state index in [1.165, 1.54) is 14.2 Å². The number of hydrogen-bond acceptors (Lipinski definition) is 8. The standard InChI is InChI=1S/C25H32N4O8/c1-34-22(30)26-14-18-6-3-8-20(12-18)16-28-24(32)36-10-5-11-37-25(33)29-17-21-9-4-7-19(13-21)15-27-23(31)35-2/h3-4,6-9,12-13H,5,10-11,14-17H2,1-2H3,(H,26,30)(H,27,31)(H,28,32)(H,29,33). The van der Waals surface area contributed by atoms with Gasteiger partial charge in [-0.15, -0.1) is 0 Å². The Bertz CT molecular complexity index is 965. The van der Waals surface area contributed by atoms with Gasteiger partial charge >= 0.3 is 24.4 Å². The first-order valence-corrected chi connectivity index (χ1v) is 11.5. The van der Waals surface area contributed by atoms with Gasteiger partial charge in [0.05, 0.1) is 27.4 Å². The summed E-state index contributed by atoms with van der Waals surface area (Å²) in [6.07, 6.45) is -1.90. The third kappa shape index (κ3) is 12.2. The molecule has 0 aliphatic heterocycles. The van der Waals surface area contributed by atoms with Crippen LogP contribution in [0.3, 0.4) is 0 Å². The van der Waals surface area contributed by atoms with Crippen molar-refractivity contribution >= 4 is 24.4 Å². The summed E-state index contributed by atoms with van der Waals surface area (Å²) in [5, 5.41) is 10.5. The number of carbonyl (C=O) groups excluding carboxylic acids is 4. The fourth-order valence-corrected chi connectivity index (χ4v) is 3.03. The van der Waals surface area contributed by atoms with Crippen LogP contribution in [0.5, 0.6) is 0 Å². The Labute approximate surface area is 215 Å². The number of carbonyl (C=O) groups is 4. The molecule has 4 N–H and O–H groups in total. The molecule has 2 aromatic carbocycles. The van der Waals surface area contributed by atoms with Gasteiger partial charge in [-0.3, -0.25) is 0 Å².